The van der Waals surface area contributed by atoms with E-state index >= 15 is 0 Å². The Morgan fingerprint density at radius 3 is 2.41 bits per heavy atom. The number of nitrogens with zero attached hydrogens (tertiary/aromatic N) is 1. The molecule has 2 fully saturated rings. The Kier molecular flexibility index (Phi) is 7.36. The molecule has 2 aliphatic rings. The van der Waals surface area contributed by atoms with Crippen LogP contribution >= 0.6 is 0 Å². The van der Waals surface area contributed by atoms with Crippen LogP contribution in [0.4, 0.5) is 0 Å². The molecule has 3 heteroatoms. The Hall–Kier alpha value is -2.28. The summed E-state index contributed by atoms with van der Waals surface area (Å²) in [5, 5.41) is 10.4. The fraction of sp³-hybridized carbons (Fsp3) is 0.462. The predicted molar refractivity (Wildman–Crippen MR) is 119 cm³/mol. The van der Waals surface area contributed by atoms with E-state index < -0.39 is 0 Å². The molecule has 0 spiro atoms. The van der Waals surface area contributed by atoms with Crippen LogP contribution in [0.2, 0.25) is 0 Å². The minimum Gasteiger partial charge on any atom is -0.497 e. The van der Waals surface area contributed by atoms with E-state index in [9.17, 15) is 5.11 Å². The smallest absolute Gasteiger partial charge is 0.119 e. The monoisotopic (exact) mass is 391 g/mol. The molecule has 1 aliphatic heterocycles. The van der Waals surface area contributed by atoms with Crippen molar-refractivity contribution >= 4 is 0 Å². The van der Waals surface area contributed by atoms with Gasteiger partial charge in [0.15, 0.2) is 0 Å². The van der Waals surface area contributed by atoms with Gasteiger partial charge in [-0.2, -0.15) is 0 Å². The number of benzene rings is 2. The van der Waals surface area contributed by atoms with Crippen molar-refractivity contribution in [2.45, 2.75) is 50.2 Å². The number of terminal acetylenes is 1. The van der Waals surface area contributed by atoms with Crippen LogP contribution in [0.1, 0.15) is 38.2 Å². The summed E-state index contributed by atoms with van der Waals surface area (Å²) in [5.74, 6) is 4.34. The average molecular weight is 392 g/mol. The molecular formula is C26H33NO2. The van der Waals surface area contributed by atoms with Gasteiger partial charge in [-0.1, -0.05) is 61.4 Å². The molecule has 1 aliphatic carbocycles. The predicted octanol–water partition coefficient (Wildman–Crippen LogP) is 4.51. The summed E-state index contributed by atoms with van der Waals surface area (Å²) in [6.45, 7) is 4.16. The van der Waals surface area contributed by atoms with Crippen molar-refractivity contribution in [2.24, 2.45) is 5.92 Å². The van der Waals surface area contributed by atoms with Gasteiger partial charge in [-0.25, -0.2) is 0 Å². The fourth-order valence-electron chi connectivity index (χ4n) is 5.18. The molecule has 2 aromatic rings. The molecule has 1 saturated heterocycles. The summed E-state index contributed by atoms with van der Waals surface area (Å²) in [4.78, 5) is 2.42. The van der Waals surface area contributed by atoms with E-state index in [4.69, 9.17) is 11.2 Å². The van der Waals surface area contributed by atoms with E-state index in [1.165, 1.54) is 5.56 Å². The normalized spacial score (nSPS) is 29.0. The quantitative estimate of drug-likeness (QED) is 0.782. The van der Waals surface area contributed by atoms with Crippen LogP contribution in [0, 0.1) is 18.3 Å². The fourth-order valence-corrected chi connectivity index (χ4v) is 5.18. The Bertz CT molecular complexity index is 773. The molecule has 2 aromatic carbocycles. The van der Waals surface area contributed by atoms with Crippen LogP contribution in [0.25, 0.3) is 0 Å². The SMILES string of the molecule is C#CC1C2CCC(O)CC2(c2cccc(OC)c2)CCN1CC.c1ccccc1. The van der Waals surface area contributed by atoms with Crippen molar-refractivity contribution < 1.29 is 9.84 Å². The second-order valence-corrected chi connectivity index (χ2v) is 8.07. The number of fused-ring (bicyclic) bond motifs is 1. The number of aliphatic hydroxyl groups is 1. The number of rotatable bonds is 3. The lowest BCUT2D eigenvalue weighted by molar-refractivity contribution is -0.0209. The molecule has 29 heavy (non-hydrogen) atoms. The minimum atomic E-state index is -0.232. The van der Waals surface area contributed by atoms with E-state index in [0.29, 0.717) is 5.92 Å². The van der Waals surface area contributed by atoms with Gasteiger partial charge in [0.1, 0.15) is 5.75 Å². The van der Waals surface area contributed by atoms with Crippen LogP contribution in [0.5, 0.6) is 5.75 Å². The molecule has 4 atom stereocenters. The summed E-state index contributed by atoms with van der Waals surface area (Å²) in [6.07, 6.45) is 9.39. The van der Waals surface area contributed by atoms with Crippen molar-refractivity contribution in [1.29, 1.82) is 0 Å². The van der Waals surface area contributed by atoms with Crippen molar-refractivity contribution in [3.8, 4) is 18.1 Å². The van der Waals surface area contributed by atoms with Crippen molar-refractivity contribution in [1.82, 2.24) is 4.90 Å². The van der Waals surface area contributed by atoms with E-state index in [2.05, 4.69) is 35.9 Å². The van der Waals surface area contributed by atoms with Crippen LogP contribution in [0.15, 0.2) is 60.7 Å². The lowest BCUT2D eigenvalue weighted by Gasteiger charge is -2.55. The van der Waals surface area contributed by atoms with Crippen LogP contribution in [0.3, 0.4) is 0 Å². The van der Waals surface area contributed by atoms with Gasteiger partial charge in [-0.15, -0.1) is 6.42 Å². The van der Waals surface area contributed by atoms with Crippen molar-refractivity contribution in [2.75, 3.05) is 20.2 Å². The standard InChI is InChI=1S/C20H27NO2.C6H6/c1-4-19-18-10-9-16(22)14-20(18,11-12-21(19)5-2)15-7-6-8-17(13-15)23-3;1-2-4-6-5-3-1/h1,6-8,13,16,18-19,22H,5,9-12,14H2,2-3H3;1-6H. The first-order chi connectivity index (χ1) is 14.1. The first-order valence-corrected chi connectivity index (χ1v) is 10.7. The molecule has 1 N–H and O–H groups in total. The van der Waals surface area contributed by atoms with Crippen molar-refractivity contribution in [3.05, 3.63) is 66.2 Å². The number of ether oxygens (including phenoxy) is 1. The molecule has 4 unspecified atom stereocenters. The zero-order valence-electron chi connectivity index (χ0n) is 17.6. The first kappa shape index (κ1) is 21.4. The number of hydrogen-bond donors (Lipinski definition) is 1. The molecule has 1 saturated carbocycles. The number of aliphatic hydroxyl groups excluding tert-OH is 1. The highest BCUT2D eigenvalue weighted by Gasteiger charge is 2.51. The Morgan fingerprint density at radius 1 is 1.14 bits per heavy atom. The number of likely N-dealkylation sites (tertiary alicyclic amines) is 1. The Morgan fingerprint density at radius 2 is 1.83 bits per heavy atom. The number of piperidine rings is 1. The van der Waals surface area contributed by atoms with Crippen LogP contribution in [-0.2, 0) is 5.41 Å². The zero-order chi connectivity index (χ0) is 20.7. The second kappa shape index (κ2) is 9.96. The lowest BCUT2D eigenvalue weighted by Crippen LogP contribution is -2.58. The maximum atomic E-state index is 10.4. The first-order valence-electron chi connectivity index (χ1n) is 10.7. The van der Waals surface area contributed by atoms with Crippen LogP contribution in [-0.4, -0.2) is 42.4 Å². The van der Waals surface area contributed by atoms with E-state index in [-0.39, 0.29) is 17.6 Å². The zero-order valence-corrected chi connectivity index (χ0v) is 17.6. The molecule has 0 aromatic heterocycles. The maximum absolute atomic E-state index is 10.4. The van der Waals surface area contributed by atoms with Gasteiger partial charge >= 0.3 is 0 Å². The second-order valence-electron chi connectivity index (χ2n) is 8.07. The summed E-state index contributed by atoms with van der Waals surface area (Å²) >= 11 is 0. The number of methoxy groups -OCH3 is 1. The van der Waals surface area contributed by atoms with E-state index in [1.54, 1.807) is 7.11 Å². The summed E-state index contributed by atoms with van der Waals surface area (Å²) in [7, 11) is 1.70. The van der Waals surface area contributed by atoms with Gasteiger partial charge in [0, 0.05) is 12.0 Å². The van der Waals surface area contributed by atoms with E-state index in [0.717, 1.165) is 44.5 Å². The molecule has 3 nitrogen and oxygen atoms in total. The third-order valence-corrected chi connectivity index (χ3v) is 6.63. The molecule has 0 radical (unpaired) electrons. The molecule has 0 bridgehead atoms. The van der Waals surface area contributed by atoms with Gasteiger partial charge in [-0.05, 0) is 55.8 Å². The number of hydrogen-bond acceptors (Lipinski definition) is 3. The van der Waals surface area contributed by atoms with Crippen LogP contribution < -0.4 is 4.74 Å². The molecule has 154 valence electrons. The van der Waals surface area contributed by atoms with Gasteiger partial charge in [0.25, 0.3) is 0 Å². The molecule has 0 amide bonds. The average Bonchev–Trinajstić information content (AvgIpc) is 2.79. The highest BCUT2D eigenvalue weighted by Crippen LogP contribution is 2.51. The minimum absolute atomic E-state index is 0.0328. The lowest BCUT2D eigenvalue weighted by atomic mass is 9.56. The molecular weight excluding hydrogens is 358 g/mol. The molecule has 4 rings (SSSR count). The van der Waals surface area contributed by atoms with Gasteiger partial charge in [-0.3, -0.25) is 4.90 Å². The van der Waals surface area contributed by atoms with Gasteiger partial charge in [0.05, 0.1) is 19.3 Å². The maximum Gasteiger partial charge on any atom is 0.119 e. The van der Waals surface area contributed by atoms with Gasteiger partial charge in [0.2, 0.25) is 0 Å². The Balaban J connectivity index is 0.000000343. The highest BCUT2D eigenvalue weighted by atomic mass is 16.5. The summed E-state index contributed by atoms with van der Waals surface area (Å²) in [5.41, 5.74) is 1.24. The highest BCUT2D eigenvalue weighted by molar-refractivity contribution is 5.37. The largest absolute Gasteiger partial charge is 0.497 e. The van der Waals surface area contributed by atoms with Crippen molar-refractivity contribution in [3.63, 3.8) is 0 Å². The van der Waals surface area contributed by atoms with E-state index in [1.807, 2.05) is 42.5 Å². The third-order valence-electron chi connectivity index (χ3n) is 6.63. The van der Waals surface area contributed by atoms with Gasteiger partial charge < -0.3 is 9.84 Å². The topological polar surface area (TPSA) is 32.7 Å². The summed E-state index contributed by atoms with van der Waals surface area (Å²) < 4.78 is 5.43. The molecule has 1 heterocycles. The third kappa shape index (κ3) is 4.66. The Labute approximate surface area is 175 Å². The summed E-state index contributed by atoms with van der Waals surface area (Å²) in [6, 6.07) is 20.5.